The van der Waals surface area contributed by atoms with Crippen LogP contribution in [-0.2, 0) is 16.9 Å². The minimum atomic E-state index is -3.09. The smallest absolute Gasteiger partial charge is 0.175 e. The summed E-state index contributed by atoms with van der Waals surface area (Å²) in [5.41, 5.74) is 1.04. The summed E-state index contributed by atoms with van der Waals surface area (Å²) < 4.78 is 24.5. The third kappa shape index (κ3) is 1.42. The largest absolute Gasteiger partial charge is 0.351 e. The van der Waals surface area contributed by atoms with Crippen molar-refractivity contribution in [3.8, 4) is 0 Å². The molecule has 0 aliphatic carbocycles. The van der Waals surface area contributed by atoms with Crippen LogP contribution in [-0.4, -0.2) is 19.2 Å². The Labute approximate surface area is 82.9 Å². The first-order valence-electron chi connectivity index (χ1n) is 4.23. The van der Waals surface area contributed by atoms with Gasteiger partial charge in [0, 0.05) is 30.4 Å². The summed E-state index contributed by atoms with van der Waals surface area (Å²) in [6, 6.07) is 7.07. The summed E-state index contributed by atoms with van der Waals surface area (Å²) >= 11 is 0. The molecule has 0 saturated heterocycles. The molecule has 0 unspecified atom stereocenters. The van der Waals surface area contributed by atoms with Gasteiger partial charge in [0.2, 0.25) is 0 Å². The zero-order valence-corrected chi connectivity index (χ0v) is 8.88. The number of nitrogens with zero attached hydrogens (tertiary/aromatic N) is 1. The molecule has 74 valence electrons. The summed E-state index contributed by atoms with van der Waals surface area (Å²) in [4.78, 5) is 0.371. The van der Waals surface area contributed by atoms with E-state index >= 15 is 0 Å². The average molecular weight is 209 g/mol. The molecule has 0 radical (unpaired) electrons. The highest BCUT2D eigenvalue weighted by atomic mass is 32.2. The van der Waals surface area contributed by atoms with Crippen LogP contribution in [0.15, 0.2) is 35.4 Å². The Morgan fingerprint density at radius 3 is 2.57 bits per heavy atom. The zero-order valence-electron chi connectivity index (χ0n) is 8.06. The second-order valence-electron chi connectivity index (χ2n) is 3.42. The van der Waals surface area contributed by atoms with Crippen LogP contribution in [0.1, 0.15) is 0 Å². The molecule has 0 saturated carbocycles. The van der Waals surface area contributed by atoms with Crippen molar-refractivity contribution >= 4 is 20.7 Å². The number of aryl methyl sites for hydroxylation is 1. The first-order chi connectivity index (χ1) is 6.48. The number of hydrogen-bond acceptors (Lipinski definition) is 2. The van der Waals surface area contributed by atoms with E-state index in [-0.39, 0.29) is 0 Å². The van der Waals surface area contributed by atoms with E-state index in [1.54, 1.807) is 12.1 Å². The zero-order chi connectivity index (χ0) is 10.3. The van der Waals surface area contributed by atoms with Crippen molar-refractivity contribution in [2.24, 2.45) is 7.05 Å². The SMILES string of the molecule is Cn1ccc2cc(S(C)(=O)=O)ccc21. The summed E-state index contributed by atoms with van der Waals surface area (Å²) in [6.07, 6.45) is 3.13. The minimum Gasteiger partial charge on any atom is -0.351 e. The first kappa shape index (κ1) is 9.27. The Morgan fingerprint density at radius 1 is 1.21 bits per heavy atom. The molecule has 0 spiro atoms. The molecule has 1 heterocycles. The van der Waals surface area contributed by atoms with Gasteiger partial charge >= 0.3 is 0 Å². The maximum Gasteiger partial charge on any atom is 0.175 e. The molecule has 4 heteroatoms. The van der Waals surface area contributed by atoms with Gasteiger partial charge in [0.1, 0.15) is 0 Å². The van der Waals surface area contributed by atoms with E-state index in [0.29, 0.717) is 4.90 Å². The Hall–Kier alpha value is -1.29. The lowest BCUT2D eigenvalue weighted by Gasteiger charge is -1.99. The van der Waals surface area contributed by atoms with Crippen LogP contribution in [0.3, 0.4) is 0 Å². The van der Waals surface area contributed by atoms with Gasteiger partial charge in [0.05, 0.1) is 4.90 Å². The van der Waals surface area contributed by atoms with Gasteiger partial charge in [-0.25, -0.2) is 8.42 Å². The van der Waals surface area contributed by atoms with Crippen LogP contribution in [0.25, 0.3) is 10.9 Å². The molecule has 14 heavy (non-hydrogen) atoms. The monoisotopic (exact) mass is 209 g/mol. The lowest BCUT2D eigenvalue weighted by atomic mass is 10.2. The van der Waals surface area contributed by atoms with Gasteiger partial charge in [0.15, 0.2) is 9.84 Å². The highest BCUT2D eigenvalue weighted by Gasteiger charge is 2.08. The topological polar surface area (TPSA) is 39.1 Å². The van der Waals surface area contributed by atoms with Crippen molar-refractivity contribution in [3.05, 3.63) is 30.5 Å². The number of benzene rings is 1. The molecular formula is C10H11NO2S. The van der Waals surface area contributed by atoms with Gasteiger partial charge in [0.25, 0.3) is 0 Å². The number of aromatic nitrogens is 1. The Kier molecular flexibility index (Phi) is 1.89. The van der Waals surface area contributed by atoms with E-state index in [4.69, 9.17) is 0 Å². The van der Waals surface area contributed by atoms with Gasteiger partial charge in [-0.1, -0.05) is 0 Å². The molecule has 1 aromatic heterocycles. The summed E-state index contributed by atoms with van der Waals surface area (Å²) in [7, 11) is -1.16. The van der Waals surface area contributed by atoms with Crippen LogP contribution in [0.2, 0.25) is 0 Å². The third-order valence-electron chi connectivity index (χ3n) is 2.28. The van der Waals surface area contributed by atoms with E-state index in [0.717, 1.165) is 10.9 Å². The van der Waals surface area contributed by atoms with Crippen LogP contribution in [0, 0.1) is 0 Å². The predicted octanol–water partition coefficient (Wildman–Crippen LogP) is 1.58. The van der Waals surface area contributed by atoms with Gasteiger partial charge in [-0.3, -0.25) is 0 Å². The molecule has 1 aromatic carbocycles. The van der Waals surface area contributed by atoms with Crippen molar-refractivity contribution in [1.29, 1.82) is 0 Å². The molecule has 0 bridgehead atoms. The summed E-state index contributed by atoms with van der Waals surface area (Å²) in [5, 5.41) is 0.954. The average Bonchev–Trinajstić information content (AvgIpc) is 2.46. The molecule has 0 aliphatic heterocycles. The fourth-order valence-corrected chi connectivity index (χ4v) is 2.15. The van der Waals surface area contributed by atoms with E-state index in [1.807, 2.05) is 29.9 Å². The Balaban J connectivity index is 2.76. The highest BCUT2D eigenvalue weighted by Crippen LogP contribution is 2.19. The molecule has 0 fully saturated rings. The summed E-state index contributed by atoms with van der Waals surface area (Å²) in [5.74, 6) is 0. The highest BCUT2D eigenvalue weighted by molar-refractivity contribution is 7.90. The number of rotatable bonds is 1. The van der Waals surface area contributed by atoms with E-state index < -0.39 is 9.84 Å². The van der Waals surface area contributed by atoms with Crippen molar-refractivity contribution in [2.45, 2.75) is 4.90 Å². The quantitative estimate of drug-likeness (QED) is 0.715. The van der Waals surface area contributed by atoms with Crippen LogP contribution < -0.4 is 0 Å². The second-order valence-corrected chi connectivity index (χ2v) is 5.44. The minimum absolute atomic E-state index is 0.371. The molecule has 0 N–H and O–H groups in total. The molecule has 0 aliphatic rings. The van der Waals surface area contributed by atoms with Crippen molar-refractivity contribution in [3.63, 3.8) is 0 Å². The van der Waals surface area contributed by atoms with Gasteiger partial charge in [-0.15, -0.1) is 0 Å². The molecule has 0 amide bonds. The van der Waals surface area contributed by atoms with Gasteiger partial charge in [-0.05, 0) is 24.3 Å². The maximum atomic E-state index is 11.3. The lowest BCUT2D eigenvalue weighted by molar-refractivity contribution is 0.602. The molecule has 3 nitrogen and oxygen atoms in total. The van der Waals surface area contributed by atoms with E-state index in [1.165, 1.54) is 6.26 Å². The van der Waals surface area contributed by atoms with Crippen LogP contribution >= 0.6 is 0 Å². The number of fused-ring (bicyclic) bond motifs is 1. The predicted molar refractivity (Wildman–Crippen MR) is 56.0 cm³/mol. The fraction of sp³-hybridized carbons (Fsp3) is 0.200. The van der Waals surface area contributed by atoms with Gasteiger partial charge in [-0.2, -0.15) is 0 Å². The maximum absolute atomic E-state index is 11.3. The van der Waals surface area contributed by atoms with E-state index in [2.05, 4.69) is 0 Å². The second kappa shape index (κ2) is 2.85. The van der Waals surface area contributed by atoms with Gasteiger partial charge < -0.3 is 4.57 Å². The van der Waals surface area contributed by atoms with Crippen LogP contribution in [0.5, 0.6) is 0 Å². The normalized spacial score (nSPS) is 12.1. The molecule has 2 rings (SSSR count). The molecule has 0 atom stereocenters. The number of hydrogen-bond donors (Lipinski definition) is 0. The molecular weight excluding hydrogens is 198 g/mol. The Bertz CT molecular complexity index is 581. The Morgan fingerprint density at radius 2 is 1.93 bits per heavy atom. The first-order valence-corrected chi connectivity index (χ1v) is 6.13. The number of sulfone groups is 1. The van der Waals surface area contributed by atoms with Crippen LogP contribution in [0.4, 0.5) is 0 Å². The van der Waals surface area contributed by atoms with Crippen molar-refractivity contribution in [2.75, 3.05) is 6.26 Å². The standard InChI is InChI=1S/C10H11NO2S/c1-11-6-5-8-7-9(14(2,12)13)3-4-10(8)11/h3-7H,1-2H3. The summed E-state index contributed by atoms with van der Waals surface area (Å²) in [6.45, 7) is 0. The third-order valence-corrected chi connectivity index (χ3v) is 3.40. The lowest BCUT2D eigenvalue weighted by Crippen LogP contribution is -1.96. The van der Waals surface area contributed by atoms with E-state index in [9.17, 15) is 8.42 Å². The molecule has 2 aromatic rings. The fourth-order valence-electron chi connectivity index (χ4n) is 1.49. The van der Waals surface area contributed by atoms with Crippen molar-refractivity contribution < 1.29 is 8.42 Å². The van der Waals surface area contributed by atoms with Crippen molar-refractivity contribution in [1.82, 2.24) is 4.57 Å².